The summed E-state index contributed by atoms with van der Waals surface area (Å²) >= 11 is 6.01. The van der Waals surface area contributed by atoms with Crippen molar-refractivity contribution in [2.24, 2.45) is 0 Å². The fourth-order valence-electron chi connectivity index (χ4n) is 1.93. The van der Waals surface area contributed by atoms with Gasteiger partial charge in [0, 0.05) is 25.9 Å². The number of alkyl halides is 2. The Morgan fingerprint density at radius 1 is 1.31 bits per heavy atom. The summed E-state index contributed by atoms with van der Waals surface area (Å²) in [6.07, 6.45) is 2.67. The summed E-state index contributed by atoms with van der Waals surface area (Å²) in [4.78, 5) is 34.9. The number of carbonyl (C=O) groups excluding carboxylic acids is 2. The topological polar surface area (TPSA) is 106 Å². The summed E-state index contributed by atoms with van der Waals surface area (Å²) in [6.45, 7) is 4.81. The lowest BCUT2D eigenvalue weighted by Crippen LogP contribution is -2.27. The first kappa shape index (κ1) is 22.2. The Balaban J connectivity index is 1.97. The standard InChI is InChI=1S/C18H18ClF2N5O3/c1-10(2)18(20,21)9-29-16-13(19)6-12(8-24-16)7-23-15(28)14-4-5-22-17(26-14)25-11(3)27/h4-6,8H,1,7,9H2,2-3H3,(H,23,28)(H,22,25,26,27). The number of hydrogen-bond acceptors (Lipinski definition) is 6. The zero-order chi connectivity index (χ0) is 21.6. The van der Waals surface area contributed by atoms with Gasteiger partial charge < -0.3 is 10.1 Å². The molecule has 2 N–H and O–H groups in total. The second-order valence-electron chi connectivity index (χ2n) is 6.03. The molecule has 2 aromatic heterocycles. The van der Waals surface area contributed by atoms with Gasteiger partial charge >= 0.3 is 5.92 Å². The van der Waals surface area contributed by atoms with Gasteiger partial charge in [0.1, 0.15) is 10.7 Å². The SMILES string of the molecule is C=C(C)C(F)(F)COc1ncc(CNC(=O)c2ccnc(NC(C)=O)n2)cc1Cl. The smallest absolute Gasteiger partial charge is 0.302 e. The minimum Gasteiger partial charge on any atom is -0.470 e. The number of amides is 2. The van der Waals surface area contributed by atoms with E-state index >= 15 is 0 Å². The summed E-state index contributed by atoms with van der Waals surface area (Å²) in [5, 5.41) is 4.99. The van der Waals surface area contributed by atoms with E-state index in [0.717, 1.165) is 0 Å². The van der Waals surface area contributed by atoms with Gasteiger partial charge in [-0.1, -0.05) is 18.2 Å². The van der Waals surface area contributed by atoms with Crippen molar-refractivity contribution in [2.45, 2.75) is 26.3 Å². The molecule has 0 atom stereocenters. The molecule has 2 heterocycles. The Bertz CT molecular complexity index is 939. The van der Waals surface area contributed by atoms with E-state index in [9.17, 15) is 18.4 Å². The molecule has 11 heteroatoms. The van der Waals surface area contributed by atoms with Crippen LogP contribution in [0.2, 0.25) is 5.02 Å². The largest absolute Gasteiger partial charge is 0.470 e. The van der Waals surface area contributed by atoms with Crippen molar-refractivity contribution in [3.8, 4) is 5.88 Å². The Kier molecular flexibility index (Phi) is 7.16. The first-order chi connectivity index (χ1) is 13.6. The third kappa shape index (κ3) is 6.46. The van der Waals surface area contributed by atoms with E-state index in [-0.39, 0.29) is 40.6 Å². The van der Waals surface area contributed by atoms with E-state index in [1.54, 1.807) is 0 Å². The van der Waals surface area contributed by atoms with Crippen molar-refractivity contribution < 1.29 is 23.1 Å². The number of carbonyl (C=O) groups is 2. The molecular formula is C18H18ClF2N5O3. The van der Waals surface area contributed by atoms with Crippen LogP contribution in [0.15, 0.2) is 36.7 Å². The number of ether oxygens (including phenoxy) is 1. The van der Waals surface area contributed by atoms with Gasteiger partial charge in [0.2, 0.25) is 17.7 Å². The van der Waals surface area contributed by atoms with Gasteiger partial charge in [0.15, 0.2) is 6.61 Å². The molecular weight excluding hydrogens is 408 g/mol. The molecule has 0 aromatic carbocycles. The lowest BCUT2D eigenvalue weighted by atomic mass is 10.2. The molecule has 0 saturated carbocycles. The number of anilines is 1. The molecule has 29 heavy (non-hydrogen) atoms. The third-order valence-corrected chi connectivity index (χ3v) is 3.78. The molecule has 0 fully saturated rings. The summed E-state index contributed by atoms with van der Waals surface area (Å²) < 4.78 is 32.0. The van der Waals surface area contributed by atoms with Crippen molar-refractivity contribution in [1.29, 1.82) is 0 Å². The van der Waals surface area contributed by atoms with Gasteiger partial charge in [-0.25, -0.2) is 15.0 Å². The van der Waals surface area contributed by atoms with Crippen LogP contribution in [0.3, 0.4) is 0 Å². The fraction of sp³-hybridized carbons (Fsp3) is 0.278. The number of hydrogen-bond donors (Lipinski definition) is 2. The summed E-state index contributed by atoms with van der Waals surface area (Å²) in [7, 11) is 0. The predicted octanol–water partition coefficient (Wildman–Crippen LogP) is 3.00. The molecule has 0 aliphatic rings. The molecule has 8 nitrogen and oxygen atoms in total. The molecule has 0 saturated heterocycles. The Hall–Kier alpha value is -3.14. The van der Waals surface area contributed by atoms with Gasteiger partial charge in [-0.2, -0.15) is 8.78 Å². The number of aromatic nitrogens is 3. The van der Waals surface area contributed by atoms with Crippen LogP contribution in [-0.2, 0) is 11.3 Å². The lowest BCUT2D eigenvalue weighted by Gasteiger charge is -2.17. The quantitative estimate of drug-likeness (QED) is 0.630. The maximum Gasteiger partial charge on any atom is 0.302 e. The maximum atomic E-state index is 13.5. The Morgan fingerprint density at radius 3 is 2.66 bits per heavy atom. The molecule has 2 amide bonds. The highest BCUT2D eigenvalue weighted by Gasteiger charge is 2.31. The molecule has 0 aliphatic heterocycles. The number of rotatable bonds is 8. The molecule has 0 spiro atoms. The molecule has 154 valence electrons. The monoisotopic (exact) mass is 425 g/mol. The van der Waals surface area contributed by atoms with Gasteiger partial charge in [-0.15, -0.1) is 0 Å². The molecule has 0 bridgehead atoms. The van der Waals surface area contributed by atoms with Crippen molar-refractivity contribution in [3.05, 3.63) is 53.0 Å². The van der Waals surface area contributed by atoms with E-state index in [4.69, 9.17) is 16.3 Å². The van der Waals surface area contributed by atoms with Gasteiger partial charge in [0.05, 0.1) is 0 Å². The summed E-state index contributed by atoms with van der Waals surface area (Å²) in [5.41, 5.74) is 0.225. The summed E-state index contributed by atoms with van der Waals surface area (Å²) in [6, 6.07) is 2.82. The van der Waals surface area contributed by atoms with Crippen LogP contribution in [0, 0.1) is 0 Å². The predicted molar refractivity (Wildman–Crippen MR) is 102 cm³/mol. The Morgan fingerprint density at radius 2 is 2.03 bits per heavy atom. The normalized spacial score (nSPS) is 10.9. The van der Waals surface area contributed by atoms with Gasteiger partial charge in [-0.05, 0) is 30.2 Å². The minimum atomic E-state index is -3.20. The van der Waals surface area contributed by atoms with Gasteiger partial charge in [0.25, 0.3) is 5.91 Å². The van der Waals surface area contributed by atoms with Crippen LogP contribution in [0.4, 0.5) is 14.7 Å². The van der Waals surface area contributed by atoms with Crippen LogP contribution < -0.4 is 15.4 Å². The van der Waals surface area contributed by atoms with Crippen LogP contribution in [-0.4, -0.2) is 39.3 Å². The highest BCUT2D eigenvalue weighted by molar-refractivity contribution is 6.31. The number of pyridine rings is 1. The average Bonchev–Trinajstić information content (AvgIpc) is 2.65. The van der Waals surface area contributed by atoms with E-state index in [2.05, 4.69) is 32.2 Å². The van der Waals surface area contributed by atoms with Crippen molar-refractivity contribution >= 4 is 29.4 Å². The van der Waals surface area contributed by atoms with Crippen molar-refractivity contribution in [1.82, 2.24) is 20.3 Å². The van der Waals surface area contributed by atoms with E-state index in [1.165, 1.54) is 38.4 Å². The minimum absolute atomic E-state index is 0.00271. The maximum absolute atomic E-state index is 13.5. The molecule has 0 aliphatic carbocycles. The van der Waals surface area contributed by atoms with E-state index in [1.807, 2.05) is 0 Å². The van der Waals surface area contributed by atoms with Crippen molar-refractivity contribution in [2.75, 3.05) is 11.9 Å². The molecule has 2 rings (SSSR count). The third-order valence-electron chi connectivity index (χ3n) is 3.51. The zero-order valence-electron chi connectivity index (χ0n) is 15.6. The number of halogens is 3. The lowest BCUT2D eigenvalue weighted by molar-refractivity contribution is -0.114. The van der Waals surface area contributed by atoms with Crippen LogP contribution in [0.5, 0.6) is 5.88 Å². The van der Waals surface area contributed by atoms with E-state index < -0.39 is 18.4 Å². The molecule has 0 radical (unpaired) electrons. The summed E-state index contributed by atoms with van der Waals surface area (Å²) in [5.74, 6) is -4.24. The number of nitrogens with zero attached hydrogens (tertiary/aromatic N) is 3. The zero-order valence-corrected chi connectivity index (χ0v) is 16.4. The highest BCUT2D eigenvalue weighted by Crippen LogP contribution is 2.27. The van der Waals surface area contributed by atoms with Crippen molar-refractivity contribution in [3.63, 3.8) is 0 Å². The molecule has 2 aromatic rings. The van der Waals surface area contributed by atoms with Gasteiger partial charge in [-0.3, -0.25) is 14.9 Å². The van der Waals surface area contributed by atoms with Crippen LogP contribution in [0.25, 0.3) is 0 Å². The first-order valence-electron chi connectivity index (χ1n) is 8.28. The molecule has 0 unspecified atom stereocenters. The van der Waals surface area contributed by atoms with Crippen LogP contribution in [0.1, 0.15) is 29.9 Å². The Labute approximate surface area is 170 Å². The first-order valence-corrected chi connectivity index (χ1v) is 8.66. The fourth-order valence-corrected chi connectivity index (χ4v) is 2.17. The average molecular weight is 426 g/mol. The second-order valence-corrected chi connectivity index (χ2v) is 6.44. The van der Waals surface area contributed by atoms with Crippen LogP contribution >= 0.6 is 11.6 Å². The highest BCUT2D eigenvalue weighted by atomic mass is 35.5. The second kappa shape index (κ2) is 9.37. The van der Waals surface area contributed by atoms with E-state index in [0.29, 0.717) is 5.56 Å². The number of nitrogens with one attached hydrogen (secondary N) is 2.